The van der Waals surface area contributed by atoms with E-state index in [0.717, 1.165) is 10.7 Å². The number of nitrogens with zero attached hydrogens (tertiary/aromatic N) is 1. The fourth-order valence-corrected chi connectivity index (χ4v) is 3.63. The van der Waals surface area contributed by atoms with E-state index in [1.54, 1.807) is 6.08 Å². The van der Waals surface area contributed by atoms with Crippen LogP contribution in [-0.4, -0.2) is 70.4 Å². The Balaban J connectivity index is 2.29. The zero-order valence-electron chi connectivity index (χ0n) is 14.5. The first-order chi connectivity index (χ1) is 11.6. The van der Waals surface area contributed by atoms with Gasteiger partial charge in [0.25, 0.3) is 5.56 Å². The molecule has 140 valence electrons. The second-order valence-corrected chi connectivity index (χ2v) is 11.2. The fraction of sp³-hybridized carbons (Fsp3) is 0.562. The number of nitrogens with two attached hydrogens (primary N) is 1. The van der Waals surface area contributed by atoms with Crippen molar-refractivity contribution in [2.75, 3.05) is 26.0 Å². The van der Waals surface area contributed by atoms with E-state index < -0.39 is 42.7 Å². The van der Waals surface area contributed by atoms with Crippen LogP contribution >= 0.6 is 6.89 Å². The highest BCUT2D eigenvalue weighted by Gasteiger charge is 2.43. The van der Waals surface area contributed by atoms with Gasteiger partial charge in [0, 0.05) is 12.7 Å². The lowest BCUT2D eigenvalue weighted by molar-refractivity contribution is -0.0402. The monoisotopic (exact) mass is 371 g/mol. The summed E-state index contributed by atoms with van der Waals surface area (Å²) in [6, 6.07) is 0. The summed E-state index contributed by atoms with van der Waals surface area (Å²) < 4.78 is 6.82. The van der Waals surface area contributed by atoms with Gasteiger partial charge < -0.3 is 20.7 Å². The van der Waals surface area contributed by atoms with E-state index in [9.17, 15) is 19.8 Å². The molecule has 1 unspecified atom stereocenters. The normalized spacial score (nSPS) is 27.2. The van der Waals surface area contributed by atoms with Gasteiger partial charge >= 0.3 is 5.69 Å². The van der Waals surface area contributed by atoms with E-state index in [1.165, 1.54) is 12.3 Å². The Morgan fingerprint density at radius 1 is 1.40 bits per heavy atom. The van der Waals surface area contributed by atoms with Gasteiger partial charge in [0.2, 0.25) is 0 Å². The summed E-state index contributed by atoms with van der Waals surface area (Å²) in [7, 11) is 0. The third-order valence-electron chi connectivity index (χ3n) is 4.06. The Morgan fingerprint density at radius 2 is 2.08 bits per heavy atom. The van der Waals surface area contributed by atoms with Crippen molar-refractivity contribution in [2.45, 2.75) is 31.0 Å². The number of aliphatic hydroxyl groups is 2. The van der Waals surface area contributed by atoms with E-state index in [1.807, 2.05) is 0 Å². The molecule has 5 N–H and O–H groups in total. The maximum Gasteiger partial charge on any atom is 0.330 e. The van der Waals surface area contributed by atoms with Crippen molar-refractivity contribution in [1.82, 2.24) is 9.55 Å². The maximum absolute atomic E-state index is 12.1. The number of hydrogen-bond acceptors (Lipinski definition) is 6. The zero-order valence-corrected chi connectivity index (χ0v) is 15.4. The molecule has 1 aromatic heterocycles. The summed E-state index contributed by atoms with van der Waals surface area (Å²) in [6.45, 7) is 3.09. The van der Waals surface area contributed by atoms with Crippen molar-refractivity contribution in [3.8, 4) is 0 Å². The van der Waals surface area contributed by atoms with Crippen molar-refractivity contribution in [3.63, 3.8) is 0 Å². The van der Waals surface area contributed by atoms with Crippen molar-refractivity contribution in [1.29, 1.82) is 0 Å². The van der Waals surface area contributed by atoms with Crippen molar-refractivity contribution < 1.29 is 14.9 Å². The molecule has 0 aliphatic carbocycles. The van der Waals surface area contributed by atoms with E-state index in [0.29, 0.717) is 6.42 Å². The van der Waals surface area contributed by atoms with Crippen LogP contribution in [0.25, 0.3) is 6.08 Å². The van der Waals surface area contributed by atoms with Gasteiger partial charge in [-0.3, -0.25) is 14.3 Å². The van der Waals surface area contributed by atoms with Gasteiger partial charge in [0.05, 0.1) is 11.7 Å². The van der Waals surface area contributed by atoms with Crippen molar-refractivity contribution >= 4 is 19.3 Å². The van der Waals surface area contributed by atoms with Gasteiger partial charge in [-0.1, -0.05) is 12.2 Å². The molecule has 1 saturated heterocycles. The van der Waals surface area contributed by atoms with Gasteiger partial charge in [-0.2, -0.15) is 0 Å². The maximum atomic E-state index is 12.1. The molecule has 0 amide bonds. The first-order valence-electron chi connectivity index (χ1n) is 8.05. The smallest absolute Gasteiger partial charge is 0.330 e. The van der Waals surface area contributed by atoms with E-state index in [-0.39, 0.29) is 12.1 Å². The number of aromatic amines is 1. The zero-order chi connectivity index (χ0) is 18.8. The topological polar surface area (TPSA) is 131 Å². The predicted octanol–water partition coefficient (Wildman–Crippen LogP) is -0.773. The van der Waals surface area contributed by atoms with Crippen LogP contribution in [0.3, 0.4) is 0 Å². The van der Waals surface area contributed by atoms with E-state index in [2.05, 4.69) is 24.6 Å². The van der Waals surface area contributed by atoms with Crippen molar-refractivity contribution in [3.05, 3.63) is 38.7 Å². The lowest BCUT2D eigenvalue weighted by atomic mass is 10.1. The van der Waals surface area contributed by atoms with E-state index in [4.69, 9.17) is 10.5 Å². The highest BCUT2D eigenvalue weighted by Crippen LogP contribution is 2.39. The molecule has 0 aromatic carbocycles. The highest BCUT2D eigenvalue weighted by atomic mass is 31.2. The predicted molar refractivity (Wildman–Crippen MR) is 101 cm³/mol. The molecule has 1 aromatic rings. The summed E-state index contributed by atoms with van der Waals surface area (Å²) >= 11 is 0. The Kier molecular flexibility index (Phi) is 6.24. The third kappa shape index (κ3) is 4.80. The number of hydrogen-bond donors (Lipinski definition) is 4. The standard InChI is InChI=1S/C16H26N3O5P/c1-25(2,3)8-6-11-12(20)13(21)15(24-11)19-9-10(5-4-7-17)14(22)18-16(19)23/h4-5,9,11-13,15,20-21H,1,6-8,17H2,2-3H3,(H,18,22,23)/b5-4+/t11?,12-,13-,15-/m1/s1. The van der Waals surface area contributed by atoms with Crippen LogP contribution in [0.2, 0.25) is 0 Å². The van der Waals surface area contributed by atoms with Crippen LogP contribution in [0, 0.1) is 0 Å². The molecule has 2 heterocycles. The summed E-state index contributed by atoms with van der Waals surface area (Å²) in [5.74, 6) is 0. The van der Waals surface area contributed by atoms with Crippen molar-refractivity contribution in [2.24, 2.45) is 5.73 Å². The molecule has 8 nitrogen and oxygen atoms in total. The van der Waals surface area contributed by atoms with Crippen LogP contribution in [0.5, 0.6) is 0 Å². The molecule has 0 bridgehead atoms. The second-order valence-electron chi connectivity index (χ2n) is 6.88. The summed E-state index contributed by atoms with van der Waals surface area (Å²) in [5, 5.41) is 20.5. The number of H-pyrrole nitrogens is 1. The Hall–Kier alpha value is -1.44. The Morgan fingerprint density at radius 3 is 2.68 bits per heavy atom. The van der Waals surface area contributed by atoms with Gasteiger partial charge in [0.1, 0.15) is 12.2 Å². The summed E-state index contributed by atoms with van der Waals surface area (Å²) in [5.41, 5.74) is 4.32. The average Bonchev–Trinajstić information content (AvgIpc) is 2.80. The quantitative estimate of drug-likeness (QED) is 0.486. The molecule has 1 aliphatic heterocycles. The molecule has 0 radical (unpaired) electrons. The largest absolute Gasteiger partial charge is 0.388 e. The third-order valence-corrected chi connectivity index (χ3v) is 5.53. The number of ether oxygens (including phenoxy) is 1. The lowest BCUT2D eigenvalue weighted by Gasteiger charge is -2.19. The van der Waals surface area contributed by atoms with Crippen LogP contribution in [0.15, 0.2) is 21.9 Å². The SMILES string of the molecule is C=P(C)(C)CCC1O[C@@H](n2cc(/C=C/CN)c(=O)[nH]c2=O)[C@H](O)[C@@H]1O. The van der Waals surface area contributed by atoms with Gasteiger partial charge in [-0.05, 0) is 25.9 Å². The Labute approximate surface area is 145 Å². The van der Waals surface area contributed by atoms with Gasteiger partial charge in [-0.25, -0.2) is 4.79 Å². The van der Waals surface area contributed by atoms with Crippen LogP contribution in [0.1, 0.15) is 18.2 Å². The molecule has 4 atom stereocenters. The summed E-state index contributed by atoms with van der Waals surface area (Å²) in [6.07, 6.45) is 5.76. The first kappa shape index (κ1) is 19.9. The minimum Gasteiger partial charge on any atom is -0.388 e. The molecular formula is C16H26N3O5P. The second kappa shape index (κ2) is 7.85. The molecule has 1 aliphatic rings. The number of aliphatic hydroxyl groups excluding tert-OH is 2. The first-order valence-corrected chi connectivity index (χ1v) is 11.1. The fourth-order valence-electron chi connectivity index (χ4n) is 2.68. The average molecular weight is 371 g/mol. The molecule has 1 fully saturated rings. The minimum absolute atomic E-state index is 0.212. The van der Waals surface area contributed by atoms with Crippen LogP contribution < -0.4 is 17.0 Å². The highest BCUT2D eigenvalue weighted by molar-refractivity contribution is 7.72. The Bertz CT molecular complexity index is 794. The number of aromatic nitrogens is 2. The molecule has 25 heavy (non-hydrogen) atoms. The number of nitrogens with one attached hydrogen (secondary N) is 1. The van der Waals surface area contributed by atoms with E-state index >= 15 is 0 Å². The molecule has 0 spiro atoms. The lowest BCUT2D eigenvalue weighted by Crippen LogP contribution is -2.38. The minimum atomic E-state index is -1.30. The summed E-state index contributed by atoms with van der Waals surface area (Å²) in [4.78, 5) is 26.1. The molecule has 9 heteroatoms. The van der Waals surface area contributed by atoms with Crippen LogP contribution in [0.4, 0.5) is 0 Å². The molecule has 2 rings (SSSR count). The van der Waals surface area contributed by atoms with Crippen LogP contribution in [-0.2, 0) is 4.74 Å². The van der Waals surface area contributed by atoms with Gasteiger partial charge in [-0.15, -0.1) is 13.2 Å². The van der Waals surface area contributed by atoms with Gasteiger partial charge in [0.15, 0.2) is 6.23 Å². The molecule has 0 saturated carbocycles. The number of rotatable bonds is 6. The molecular weight excluding hydrogens is 345 g/mol.